The number of benzene rings is 2. The third kappa shape index (κ3) is 4.79. The van der Waals surface area contributed by atoms with Crippen molar-refractivity contribution < 1.29 is 9.53 Å². The highest BCUT2D eigenvalue weighted by atomic mass is 35.5. The van der Waals surface area contributed by atoms with Crippen molar-refractivity contribution in [3.05, 3.63) is 59.2 Å². The zero-order chi connectivity index (χ0) is 22.0. The van der Waals surface area contributed by atoms with Gasteiger partial charge in [-0.1, -0.05) is 12.8 Å². The highest BCUT2D eigenvalue weighted by Crippen LogP contribution is 2.33. The number of alkyl halides is 1. The monoisotopic (exact) mass is 438 g/mol. The molecule has 0 N–H and O–H groups in total. The van der Waals surface area contributed by atoms with Gasteiger partial charge in [0.2, 0.25) is 0 Å². The van der Waals surface area contributed by atoms with Crippen molar-refractivity contribution in [1.29, 1.82) is 0 Å². The molecule has 164 valence electrons. The van der Waals surface area contributed by atoms with E-state index in [1.54, 1.807) is 21.0 Å². The molecule has 0 aromatic heterocycles. The van der Waals surface area contributed by atoms with E-state index in [0.717, 1.165) is 55.1 Å². The van der Waals surface area contributed by atoms with Crippen molar-refractivity contribution in [2.45, 2.75) is 63.3 Å². The number of carbonyl (C=O) groups is 1. The molecular weight excluding hydrogens is 408 g/mol. The number of fused-ring (bicyclic) bond motifs is 1. The van der Waals surface area contributed by atoms with Crippen molar-refractivity contribution >= 4 is 28.9 Å². The van der Waals surface area contributed by atoms with Gasteiger partial charge >= 0.3 is 0 Å². The largest absolute Gasteiger partial charge is 0.497 e. The van der Waals surface area contributed by atoms with Crippen LogP contribution in [-0.4, -0.2) is 36.2 Å². The van der Waals surface area contributed by atoms with Crippen LogP contribution in [0.3, 0.4) is 0 Å². The van der Waals surface area contributed by atoms with E-state index in [4.69, 9.17) is 21.3 Å². The number of hydrogen-bond acceptors (Lipinski definition) is 3. The van der Waals surface area contributed by atoms with E-state index in [0.29, 0.717) is 11.6 Å². The smallest absolute Gasteiger partial charge is 0.183 e. The topological polar surface area (TPSA) is 41.9 Å². The van der Waals surface area contributed by atoms with Gasteiger partial charge in [0, 0.05) is 23.4 Å². The second-order valence-electron chi connectivity index (χ2n) is 9.02. The second-order valence-corrected chi connectivity index (χ2v) is 9.96. The lowest BCUT2D eigenvalue weighted by Gasteiger charge is -2.33. The lowest BCUT2D eigenvalue weighted by molar-refractivity contribution is 0.0954. The summed E-state index contributed by atoms with van der Waals surface area (Å²) >= 11 is 6.29. The molecular formula is C26H31ClN2O2. The molecule has 1 fully saturated rings. The van der Waals surface area contributed by atoms with Crippen molar-refractivity contribution in [3.63, 3.8) is 0 Å². The van der Waals surface area contributed by atoms with Crippen molar-refractivity contribution in [1.82, 2.24) is 0 Å². The molecule has 0 spiro atoms. The van der Waals surface area contributed by atoms with Gasteiger partial charge in [-0.15, -0.1) is 11.6 Å². The molecule has 2 aliphatic rings. The Hall–Kier alpha value is -2.33. The summed E-state index contributed by atoms with van der Waals surface area (Å²) in [6, 6.07) is 14.5. The van der Waals surface area contributed by atoms with Gasteiger partial charge in [-0.2, -0.15) is 0 Å². The number of rotatable bonds is 5. The predicted octanol–water partition coefficient (Wildman–Crippen LogP) is 6.04. The van der Waals surface area contributed by atoms with E-state index in [2.05, 4.69) is 23.1 Å². The van der Waals surface area contributed by atoms with Crippen LogP contribution in [0.5, 0.6) is 5.75 Å². The number of aliphatic imine (C=N–C) groups is 1. The van der Waals surface area contributed by atoms with E-state index in [9.17, 15) is 4.79 Å². The molecule has 5 heteroatoms. The van der Waals surface area contributed by atoms with Gasteiger partial charge in [0.1, 0.15) is 16.5 Å². The third-order valence-electron chi connectivity index (χ3n) is 6.23. The molecule has 0 unspecified atom stereocenters. The van der Waals surface area contributed by atoms with E-state index in [1.165, 1.54) is 18.4 Å². The molecule has 1 saturated carbocycles. The molecule has 4 rings (SSSR count). The normalized spacial score (nSPS) is 17.5. The minimum absolute atomic E-state index is 0.0379. The maximum atomic E-state index is 12.7. The number of Topliss-reactive ketones (excluding diaryl/α,β-unsaturated/α-hetero) is 1. The van der Waals surface area contributed by atoms with Crippen LogP contribution >= 0.6 is 11.6 Å². The third-order valence-corrected chi connectivity index (χ3v) is 6.41. The molecule has 0 amide bonds. The fourth-order valence-corrected chi connectivity index (χ4v) is 4.66. The van der Waals surface area contributed by atoms with Crippen LogP contribution in [0.4, 0.5) is 5.69 Å². The van der Waals surface area contributed by atoms with Gasteiger partial charge in [-0.25, -0.2) is 0 Å². The molecule has 1 heterocycles. The minimum Gasteiger partial charge on any atom is -0.497 e. The van der Waals surface area contributed by atoms with Crippen molar-refractivity contribution in [3.8, 4) is 5.75 Å². The fraction of sp³-hybridized carbons (Fsp3) is 0.462. The average molecular weight is 439 g/mol. The predicted molar refractivity (Wildman–Crippen MR) is 128 cm³/mol. The molecule has 0 saturated heterocycles. The van der Waals surface area contributed by atoms with Crippen LogP contribution in [0.15, 0.2) is 47.5 Å². The lowest BCUT2D eigenvalue weighted by atomic mass is 9.93. The van der Waals surface area contributed by atoms with Gasteiger partial charge in [0.05, 0.1) is 13.2 Å². The van der Waals surface area contributed by atoms with E-state index in [-0.39, 0.29) is 5.78 Å². The first-order chi connectivity index (χ1) is 14.9. The number of nitrogens with zero attached hydrogens (tertiary/aromatic N) is 2. The summed E-state index contributed by atoms with van der Waals surface area (Å²) in [7, 11) is 1.68. The maximum absolute atomic E-state index is 12.7. The quantitative estimate of drug-likeness (QED) is 0.247. The summed E-state index contributed by atoms with van der Waals surface area (Å²) in [5.74, 6) is 1.83. The highest BCUT2D eigenvalue weighted by Gasteiger charge is 2.29. The Kier molecular flexibility index (Phi) is 6.38. The zero-order valence-corrected chi connectivity index (χ0v) is 19.4. The van der Waals surface area contributed by atoms with Crippen LogP contribution in [0.2, 0.25) is 0 Å². The zero-order valence-electron chi connectivity index (χ0n) is 18.7. The first-order valence-corrected chi connectivity index (χ1v) is 11.6. The van der Waals surface area contributed by atoms with Gasteiger partial charge in [-0.05, 0) is 87.6 Å². The van der Waals surface area contributed by atoms with Gasteiger partial charge in [0.15, 0.2) is 5.78 Å². The molecule has 1 aliphatic carbocycles. The van der Waals surface area contributed by atoms with Gasteiger partial charge in [-0.3, -0.25) is 9.79 Å². The molecule has 4 nitrogen and oxygen atoms in total. The molecule has 0 radical (unpaired) electrons. The van der Waals surface area contributed by atoms with Crippen LogP contribution < -0.4 is 9.64 Å². The maximum Gasteiger partial charge on any atom is 0.183 e. The molecule has 0 atom stereocenters. The Balaban J connectivity index is 1.73. The molecule has 0 bridgehead atoms. The molecule has 2 aromatic rings. The Labute approximate surface area is 190 Å². The number of anilines is 1. The number of ether oxygens (including phenoxy) is 1. The molecule has 2 aromatic carbocycles. The van der Waals surface area contributed by atoms with Crippen molar-refractivity contribution in [2.24, 2.45) is 4.99 Å². The highest BCUT2D eigenvalue weighted by molar-refractivity contribution is 6.37. The van der Waals surface area contributed by atoms with Crippen molar-refractivity contribution in [2.75, 3.05) is 18.6 Å². The Morgan fingerprint density at radius 1 is 1.06 bits per heavy atom. The molecule has 31 heavy (non-hydrogen) atoms. The van der Waals surface area contributed by atoms with Crippen LogP contribution in [-0.2, 0) is 6.42 Å². The Morgan fingerprint density at radius 3 is 2.39 bits per heavy atom. The number of aryl methyl sites for hydroxylation is 1. The second kappa shape index (κ2) is 9.04. The summed E-state index contributed by atoms with van der Waals surface area (Å²) < 4.78 is 5.35. The van der Waals surface area contributed by atoms with Gasteiger partial charge < -0.3 is 9.64 Å². The minimum atomic E-state index is -0.902. The number of amidine groups is 1. The van der Waals surface area contributed by atoms with Crippen LogP contribution in [0.25, 0.3) is 0 Å². The number of ketones is 1. The Bertz CT molecular complexity index is 970. The van der Waals surface area contributed by atoms with Crippen LogP contribution in [0.1, 0.15) is 67.4 Å². The van der Waals surface area contributed by atoms with Gasteiger partial charge in [0.25, 0.3) is 0 Å². The summed E-state index contributed by atoms with van der Waals surface area (Å²) in [4.78, 5) is 19.4. The van der Waals surface area contributed by atoms with E-state index in [1.807, 2.05) is 24.3 Å². The number of carbonyl (C=O) groups excluding carboxylic acids is 1. The lowest BCUT2D eigenvalue weighted by Crippen LogP contribution is -2.37. The number of hydrogen-bond donors (Lipinski definition) is 0. The number of halogens is 1. The molecule has 1 aliphatic heterocycles. The average Bonchev–Trinajstić information content (AvgIpc) is 3.29. The summed E-state index contributed by atoms with van der Waals surface area (Å²) in [5, 5.41) is 0. The number of methoxy groups -OCH3 is 1. The van der Waals surface area contributed by atoms with Crippen LogP contribution in [0, 0.1) is 0 Å². The van der Waals surface area contributed by atoms with E-state index < -0.39 is 4.87 Å². The fourth-order valence-electron chi connectivity index (χ4n) is 4.55. The summed E-state index contributed by atoms with van der Waals surface area (Å²) in [5.41, 5.74) is 4.11. The SMILES string of the molecule is COc1ccc(/C(=N/C2CCCC2)N2CCCc3cc(C(=O)C(C)(C)Cl)ccc32)cc1. The Morgan fingerprint density at radius 2 is 1.74 bits per heavy atom. The standard InChI is InChI=1S/C26H31ClN2O2/c1-26(2,27)24(30)20-12-15-23-19(17-20)7-6-16-29(23)25(28-21-8-4-5-9-21)18-10-13-22(31-3)14-11-18/h10-15,17,21H,4-9,16H2,1-3H3/b28-25-. The summed E-state index contributed by atoms with van der Waals surface area (Å²) in [6.45, 7) is 4.41. The first kappa shape index (κ1) is 21.9. The van der Waals surface area contributed by atoms with E-state index >= 15 is 0 Å². The summed E-state index contributed by atoms with van der Waals surface area (Å²) in [6.07, 6.45) is 6.78. The first-order valence-electron chi connectivity index (χ1n) is 11.2.